The first-order chi connectivity index (χ1) is 47.2. The standard InChI is InChI=1S/C74H90N12O12S/c1-46(2)53(36-51(87)14-9-8-12-29-85-62(89)26-27-63(85)90)65(91)79-56(16-13-28-76-67(75)94)60(88)34-48-18-20-49(21-19-48)38-97-70(96)83(7)32-33-98-74-42-71(4)39-72(5,43-74)41-73(40-71,44-74)45-86-47(3)54(37-77-86)52-23-24-55(78-64(52)66(92)93)50-22-25-58-59(35-50)84(31-30-82(58)6)69(95)81-68-80-57-15-10-11-17-61(57)99-68/h10-11,15,17-27,35,37,46,53,56H,8-9,12-14,16,28-34,36,38-45H2,1-7H3,(H,79,91)(H,92,93)(H3,75,76,94)(H,80,81,95)/t53-,56-,71?,72?,73?,74?/m0/s1. The molecule has 4 atom stereocenters. The highest BCUT2D eigenvalue weighted by Gasteiger charge is 2.66. The number of para-hydroxylation sites is 1. The van der Waals surface area contributed by atoms with E-state index in [-0.39, 0.29) is 103 Å². The molecule has 12 rings (SSSR count). The van der Waals surface area contributed by atoms with Gasteiger partial charge in [0.05, 0.1) is 51.7 Å². The fraction of sp³-hybridized carbons (Fsp3) is 0.486. The van der Waals surface area contributed by atoms with Crippen LogP contribution in [0.4, 0.5) is 30.9 Å². The number of carbonyl (C=O) groups is 9. The number of hydrogen-bond donors (Lipinski definition) is 5. The van der Waals surface area contributed by atoms with Crippen LogP contribution in [-0.4, -0.2) is 153 Å². The third-order valence-corrected chi connectivity index (χ3v) is 21.4. The predicted octanol–water partition coefficient (Wildman–Crippen LogP) is 10.9. The first kappa shape index (κ1) is 70.9. The Bertz CT molecular complexity index is 4060. The van der Waals surface area contributed by atoms with Gasteiger partial charge in [-0.2, -0.15) is 5.10 Å². The number of nitrogens with one attached hydrogen (secondary N) is 3. The number of ether oxygens (including phenoxy) is 2. The number of carboxylic acids is 1. The molecule has 4 saturated carbocycles. The summed E-state index contributed by atoms with van der Waals surface area (Å²) in [5, 5.41) is 24.6. The number of thiazole rings is 1. The Morgan fingerprint density at radius 3 is 2.25 bits per heavy atom. The molecule has 25 heteroatoms. The number of imide groups is 1. The number of amides is 8. The van der Waals surface area contributed by atoms with Crippen molar-refractivity contribution in [3.63, 3.8) is 0 Å². The second kappa shape index (κ2) is 29.6. The lowest BCUT2D eigenvalue weighted by molar-refractivity contribution is -0.248. The number of carboxylic acid groups (broad SMARTS) is 1. The lowest BCUT2D eigenvalue weighted by atomic mass is 9.39. The van der Waals surface area contributed by atoms with Crippen molar-refractivity contribution in [2.45, 2.75) is 149 Å². The molecule has 5 heterocycles. The fourth-order valence-corrected chi connectivity index (χ4v) is 17.5. The number of hydrogen-bond acceptors (Lipinski definition) is 16. The maximum Gasteiger partial charge on any atom is 0.409 e. The van der Waals surface area contributed by atoms with Gasteiger partial charge in [-0.05, 0) is 141 Å². The molecule has 24 nitrogen and oxygen atoms in total. The van der Waals surface area contributed by atoms with Gasteiger partial charge in [0.25, 0.3) is 11.8 Å². The number of rotatable bonds is 30. The summed E-state index contributed by atoms with van der Waals surface area (Å²) in [6.07, 6.45) is 11.9. The molecule has 0 saturated heterocycles. The van der Waals surface area contributed by atoms with Crippen LogP contribution >= 0.6 is 11.3 Å². The molecular weight excluding hydrogens is 1280 g/mol. The molecule has 524 valence electrons. The molecule has 3 aromatic heterocycles. The summed E-state index contributed by atoms with van der Waals surface area (Å²) in [5.74, 6) is -3.54. The first-order valence-electron chi connectivity index (χ1n) is 34.3. The van der Waals surface area contributed by atoms with E-state index in [1.807, 2.05) is 81.0 Å². The van der Waals surface area contributed by atoms with Crippen LogP contribution < -0.4 is 31.5 Å². The molecule has 99 heavy (non-hydrogen) atoms. The predicted molar refractivity (Wildman–Crippen MR) is 376 cm³/mol. The number of carbonyl (C=O) groups excluding carboxylic acids is 8. The Hall–Kier alpha value is -9.36. The van der Waals surface area contributed by atoms with Crippen LogP contribution in [0.3, 0.4) is 0 Å². The normalized spacial score (nSPS) is 21.2. The zero-order valence-electron chi connectivity index (χ0n) is 57.5. The van der Waals surface area contributed by atoms with Crippen molar-refractivity contribution in [2.75, 3.05) is 68.5 Å². The van der Waals surface area contributed by atoms with Gasteiger partial charge in [-0.3, -0.25) is 43.8 Å². The molecule has 6 aliphatic rings. The number of fused-ring (bicyclic) bond motifs is 2. The number of likely N-dealkylation sites (N-methyl/N-ethyl adjacent to an activating group) is 2. The van der Waals surface area contributed by atoms with Gasteiger partial charge in [0, 0.05) is 113 Å². The fourth-order valence-electron chi connectivity index (χ4n) is 16.7. The number of ketones is 2. The van der Waals surface area contributed by atoms with Crippen molar-refractivity contribution in [2.24, 2.45) is 33.8 Å². The van der Waals surface area contributed by atoms with Crippen LogP contribution in [0.5, 0.6) is 0 Å². The number of nitrogens with two attached hydrogens (primary N) is 1. The number of nitrogens with zero attached hydrogens (tertiary/aromatic N) is 8. The van der Waals surface area contributed by atoms with Crippen LogP contribution in [0, 0.1) is 35.0 Å². The number of aromatic carboxylic acids is 1. The number of urea groups is 2. The van der Waals surface area contributed by atoms with E-state index in [0.717, 1.165) is 60.1 Å². The first-order valence-corrected chi connectivity index (χ1v) is 35.1. The third-order valence-electron chi connectivity index (χ3n) is 20.4. The second-order valence-corrected chi connectivity index (χ2v) is 30.1. The van der Waals surface area contributed by atoms with Gasteiger partial charge in [-0.15, -0.1) is 0 Å². The zero-order valence-corrected chi connectivity index (χ0v) is 58.3. The van der Waals surface area contributed by atoms with Gasteiger partial charge in [0.2, 0.25) is 5.91 Å². The SMILES string of the molecule is Cc1c(-c2ccc(-c3ccc4c(c3)N(C(=O)Nc3nc5ccccc5s3)CCN4C)nc2C(=O)O)cnn1CC12CC3(C)CC(C)(C1)CC(OCCN(C)C(=O)OCc1ccc(CC(=O)[C@H](CCCNC(N)=O)NC(=O)[C@@H](CC(=O)CCCCCN4C(=O)C=CC4=O)C(C)C)cc1)(C3)C2. The molecule has 2 aliphatic heterocycles. The van der Waals surface area contributed by atoms with Crippen molar-refractivity contribution >= 4 is 91.5 Å². The van der Waals surface area contributed by atoms with Crippen molar-refractivity contribution in [3.8, 4) is 22.4 Å². The molecule has 4 fully saturated rings. The maximum atomic E-state index is 13.9. The molecule has 3 aromatic carbocycles. The lowest BCUT2D eigenvalue weighted by Gasteiger charge is -2.69. The molecule has 6 N–H and O–H groups in total. The maximum absolute atomic E-state index is 13.9. The van der Waals surface area contributed by atoms with Crippen molar-refractivity contribution < 1.29 is 57.7 Å². The van der Waals surface area contributed by atoms with E-state index in [4.69, 9.17) is 25.3 Å². The van der Waals surface area contributed by atoms with Crippen molar-refractivity contribution in [3.05, 3.63) is 120 Å². The van der Waals surface area contributed by atoms with Gasteiger partial charge >= 0.3 is 24.1 Å². The van der Waals surface area contributed by atoms with Crippen LogP contribution in [0.25, 0.3) is 32.6 Å². The quantitative estimate of drug-likeness (QED) is 0.0207. The van der Waals surface area contributed by atoms with Crippen LogP contribution in [0.15, 0.2) is 97.2 Å². The number of pyridine rings is 1. The van der Waals surface area contributed by atoms with E-state index in [9.17, 15) is 48.3 Å². The average molecular weight is 1370 g/mol. The number of anilines is 3. The van der Waals surface area contributed by atoms with Crippen LogP contribution in [0.2, 0.25) is 0 Å². The van der Waals surface area contributed by atoms with E-state index < -0.39 is 41.6 Å². The Balaban J connectivity index is 0.673. The summed E-state index contributed by atoms with van der Waals surface area (Å²) >= 11 is 1.41. The summed E-state index contributed by atoms with van der Waals surface area (Å²) in [6, 6.07) is 22.2. The molecule has 8 amide bonds. The van der Waals surface area contributed by atoms with Crippen LogP contribution in [-0.2, 0) is 53.0 Å². The van der Waals surface area contributed by atoms with E-state index >= 15 is 0 Å². The van der Waals surface area contributed by atoms with Gasteiger partial charge in [0.15, 0.2) is 16.6 Å². The minimum Gasteiger partial charge on any atom is -0.476 e. The lowest BCUT2D eigenvalue weighted by Crippen LogP contribution is -2.64. The number of benzene rings is 3. The summed E-state index contributed by atoms with van der Waals surface area (Å²) in [5.41, 5.74) is 11.4. The summed E-state index contributed by atoms with van der Waals surface area (Å²) in [6.45, 7) is 13.1. The number of primary amides is 1. The Kier molecular flexibility index (Phi) is 21.2. The number of Topliss-reactive ketones (excluding diaryl/α,β-unsaturated/α-hetero) is 2. The highest BCUT2D eigenvalue weighted by Crippen LogP contribution is 2.72. The monoisotopic (exact) mass is 1370 g/mol. The van der Waals surface area contributed by atoms with Gasteiger partial charge in [0.1, 0.15) is 12.4 Å². The zero-order chi connectivity index (χ0) is 70.6. The topological polar surface area (TPSA) is 311 Å². The molecular formula is C74H90N12O12S. The van der Waals surface area contributed by atoms with Crippen LogP contribution in [0.1, 0.15) is 138 Å². The average Bonchev–Trinajstić information content (AvgIpc) is 1.16. The second-order valence-electron chi connectivity index (χ2n) is 29.1. The highest BCUT2D eigenvalue weighted by atomic mass is 32.1. The molecule has 0 spiro atoms. The Labute approximate surface area is 580 Å². The van der Waals surface area contributed by atoms with Gasteiger partial charge in [-0.25, -0.2) is 29.1 Å². The van der Waals surface area contributed by atoms with E-state index in [0.29, 0.717) is 103 Å². The third kappa shape index (κ3) is 16.5. The largest absolute Gasteiger partial charge is 0.476 e. The van der Waals surface area contributed by atoms with E-state index in [2.05, 4.69) is 39.7 Å². The minimum atomic E-state index is -1.17. The van der Waals surface area contributed by atoms with Gasteiger partial charge < -0.3 is 40.7 Å². The van der Waals surface area contributed by atoms with E-state index in [1.165, 1.54) is 33.3 Å². The highest BCUT2D eigenvalue weighted by molar-refractivity contribution is 7.22. The summed E-state index contributed by atoms with van der Waals surface area (Å²) in [4.78, 5) is 132. The number of aromatic nitrogens is 4. The van der Waals surface area contributed by atoms with E-state index in [1.54, 1.807) is 48.5 Å². The van der Waals surface area contributed by atoms with Crippen molar-refractivity contribution in [1.29, 1.82) is 0 Å². The minimum absolute atomic E-state index is 0.00797. The summed E-state index contributed by atoms with van der Waals surface area (Å²) in [7, 11) is 3.66. The Morgan fingerprint density at radius 2 is 1.55 bits per heavy atom. The summed E-state index contributed by atoms with van der Waals surface area (Å²) < 4.78 is 15.8. The van der Waals surface area contributed by atoms with Gasteiger partial charge in [-0.1, -0.05) is 87.9 Å². The molecule has 6 aromatic rings. The Morgan fingerprint density at radius 1 is 0.818 bits per heavy atom. The molecule has 2 unspecified atom stereocenters. The number of unbranched alkanes of at least 4 members (excludes halogenated alkanes) is 2. The molecule has 4 bridgehead atoms. The smallest absolute Gasteiger partial charge is 0.409 e. The van der Waals surface area contributed by atoms with Crippen molar-refractivity contribution in [1.82, 2.24) is 40.2 Å². The molecule has 0 radical (unpaired) electrons. The molecule has 4 aliphatic carbocycles.